The molecule has 2 saturated heterocycles. The molecule has 2 aliphatic heterocycles. The van der Waals surface area contributed by atoms with Crippen LogP contribution < -0.4 is 14.7 Å². The van der Waals surface area contributed by atoms with Crippen molar-refractivity contribution in [3.8, 4) is 11.3 Å². The Labute approximate surface area is 239 Å². The maximum absolute atomic E-state index is 13.9. The Hall–Kier alpha value is -3.67. The lowest BCUT2D eigenvalue weighted by atomic mass is 9.97. The standard InChI is InChI=1S/C28H29ClF4N6O2/c1-2-41-26(40)18-7-10-39(11-8-18)27-35-23(19-5-6-22(30)21(29)16-19)17-24(36-27)37-12-14-38(15-13-37)25-20(28(31,32)33)4-3-9-34-25/h3-6,9,16-18H,2,7-8,10-15H2,1H3. The molecular formula is C28H29ClF4N6O2. The van der Waals surface area contributed by atoms with Crippen molar-refractivity contribution in [1.29, 1.82) is 0 Å². The van der Waals surface area contributed by atoms with E-state index in [1.165, 1.54) is 24.4 Å². The number of alkyl halides is 3. The van der Waals surface area contributed by atoms with Crippen molar-refractivity contribution in [1.82, 2.24) is 15.0 Å². The molecule has 8 nitrogen and oxygen atoms in total. The first-order valence-corrected chi connectivity index (χ1v) is 13.8. The number of carbonyl (C=O) groups excluding carboxylic acids is 1. The van der Waals surface area contributed by atoms with Crippen LogP contribution in [-0.2, 0) is 15.7 Å². The van der Waals surface area contributed by atoms with Gasteiger partial charge in [-0.25, -0.2) is 14.4 Å². The number of piperidine rings is 1. The Balaban J connectivity index is 1.40. The number of piperazine rings is 1. The predicted octanol–water partition coefficient (Wildman–Crippen LogP) is 5.46. The fourth-order valence-electron chi connectivity index (χ4n) is 5.12. The summed E-state index contributed by atoms with van der Waals surface area (Å²) in [5.41, 5.74) is 0.370. The molecule has 2 aliphatic rings. The van der Waals surface area contributed by atoms with Crippen LogP contribution in [0.1, 0.15) is 25.3 Å². The molecule has 0 atom stereocenters. The third-order valence-corrected chi connectivity index (χ3v) is 7.60. The summed E-state index contributed by atoms with van der Waals surface area (Å²) >= 11 is 6.06. The van der Waals surface area contributed by atoms with Gasteiger partial charge in [0.15, 0.2) is 0 Å². The van der Waals surface area contributed by atoms with Crippen LogP contribution in [-0.4, -0.2) is 66.8 Å². The molecule has 1 aromatic carbocycles. The van der Waals surface area contributed by atoms with Crippen LogP contribution >= 0.6 is 11.6 Å². The largest absolute Gasteiger partial charge is 0.466 e. The highest BCUT2D eigenvalue weighted by Gasteiger charge is 2.36. The number of benzene rings is 1. The van der Waals surface area contributed by atoms with E-state index < -0.39 is 17.6 Å². The Morgan fingerprint density at radius 1 is 1.00 bits per heavy atom. The molecule has 0 unspecified atom stereocenters. The van der Waals surface area contributed by atoms with E-state index in [-0.39, 0.29) is 22.7 Å². The molecule has 2 fully saturated rings. The number of hydrogen-bond acceptors (Lipinski definition) is 8. The van der Waals surface area contributed by atoms with Crippen LogP contribution in [0.15, 0.2) is 42.6 Å². The Morgan fingerprint density at radius 2 is 1.71 bits per heavy atom. The summed E-state index contributed by atoms with van der Waals surface area (Å²) in [7, 11) is 0. The average molecular weight is 593 g/mol. The van der Waals surface area contributed by atoms with Gasteiger partial charge in [0.05, 0.1) is 28.8 Å². The number of anilines is 3. The number of nitrogens with zero attached hydrogens (tertiary/aromatic N) is 6. The van der Waals surface area contributed by atoms with Gasteiger partial charge in [-0.15, -0.1) is 0 Å². The monoisotopic (exact) mass is 592 g/mol. The topological polar surface area (TPSA) is 74.7 Å². The summed E-state index contributed by atoms with van der Waals surface area (Å²) in [5.74, 6) is 0.0133. The number of rotatable bonds is 6. The lowest BCUT2D eigenvalue weighted by Gasteiger charge is -2.37. The molecule has 0 radical (unpaired) electrons. The summed E-state index contributed by atoms with van der Waals surface area (Å²) < 4.78 is 59.8. The van der Waals surface area contributed by atoms with Crippen molar-refractivity contribution in [2.45, 2.75) is 25.9 Å². The summed E-state index contributed by atoms with van der Waals surface area (Å²) in [6, 6.07) is 8.45. The van der Waals surface area contributed by atoms with Crippen molar-refractivity contribution in [3.63, 3.8) is 0 Å². The summed E-state index contributed by atoms with van der Waals surface area (Å²) in [5, 5.41) is -0.0380. The first-order valence-electron chi connectivity index (χ1n) is 13.4. The molecule has 0 saturated carbocycles. The van der Waals surface area contributed by atoms with E-state index in [9.17, 15) is 22.4 Å². The van der Waals surface area contributed by atoms with E-state index in [0.717, 1.165) is 6.07 Å². The van der Waals surface area contributed by atoms with Crippen molar-refractivity contribution in [2.75, 3.05) is 60.6 Å². The first kappa shape index (κ1) is 28.8. The minimum atomic E-state index is -4.51. The Kier molecular flexibility index (Phi) is 8.48. The second kappa shape index (κ2) is 12.1. The highest BCUT2D eigenvalue weighted by molar-refractivity contribution is 6.31. The molecule has 218 valence electrons. The maximum atomic E-state index is 13.9. The summed E-state index contributed by atoms with van der Waals surface area (Å²) in [4.78, 5) is 31.4. The van der Waals surface area contributed by atoms with Gasteiger partial charge in [0.25, 0.3) is 0 Å². The second-order valence-electron chi connectivity index (χ2n) is 9.90. The quantitative estimate of drug-likeness (QED) is 0.276. The number of carbonyl (C=O) groups is 1. The molecule has 0 bridgehead atoms. The second-order valence-corrected chi connectivity index (χ2v) is 10.3. The Morgan fingerprint density at radius 3 is 2.37 bits per heavy atom. The van der Waals surface area contributed by atoms with Crippen molar-refractivity contribution in [2.24, 2.45) is 5.92 Å². The molecule has 0 spiro atoms. The number of ether oxygens (including phenoxy) is 1. The molecule has 0 aliphatic carbocycles. The van der Waals surface area contributed by atoms with Crippen molar-refractivity contribution in [3.05, 3.63) is 59.0 Å². The van der Waals surface area contributed by atoms with Crippen LogP contribution in [0.3, 0.4) is 0 Å². The van der Waals surface area contributed by atoms with Crippen molar-refractivity contribution < 1.29 is 27.1 Å². The molecule has 5 rings (SSSR count). The first-order chi connectivity index (χ1) is 19.6. The van der Waals surface area contributed by atoms with Crippen molar-refractivity contribution >= 4 is 35.2 Å². The molecule has 41 heavy (non-hydrogen) atoms. The van der Waals surface area contributed by atoms with Gasteiger partial charge in [-0.2, -0.15) is 18.2 Å². The molecule has 3 aromatic rings. The van der Waals surface area contributed by atoms with E-state index >= 15 is 0 Å². The predicted molar refractivity (Wildman–Crippen MR) is 148 cm³/mol. The van der Waals surface area contributed by atoms with Gasteiger partial charge in [0.2, 0.25) is 5.95 Å². The van der Waals surface area contributed by atoms with E-state index in [1.54, 1.807) is 24.0 Å². The molecule has 2 aromatic heterocycles. The zero-order valence-electron chi connectivity index (χ0n) is 22.4. The molecule has 4 heterocycles. The lowest BCUT2D eigenvalue weighted by Crippen LogP contribution is -2.47. The highest BCUT2D eigenvalue weighted by atomic mass is 35.5. The molecule has 0 amide bonds. The number of hydrogen-bond donors (Lipinski definition) is 0. The van der Waals surface area contributed by atoms with Crippen LogP contribution in [0.2, 0.25) is 5.02 Å². The van der Waals surface area contributed by atoms with E-state index in [2.05, 4.69) is 4.98 Å². The van der Waals surface area contributed by atoms with E-state index in [0.29, 0.717) is 81.7 Å². The maximum Gasteiger partial charge on any atom is 0.419 e. The minimum Gasteiger partial charge on any atom is -0.466 e. The summed E-state index contributed by atoms with van der Waals surface area (Å²) in [6.45, 7) is 4.62. The minimum absolute atomic E-state index is 0.0380. The van der Waals surface area contributed by atoms with E-state index in [1.807, 2.05) is 9.80 Å². The van der Waals surface area contributed by atoms with Crippen LogP contribution in [0.25, 0.3) is 11.3 Å². The van der Waals surface area contributed by atoms with E-state index in [4.69, 9.17) is 26.3 Å². The zero-order chi connectivity index (χ0) is 29.1. The van der Waals surface area contributed by atoms with Gasteiger partial charge in [-0.05, 0) is 50.1 Å². The molecular weight excluding hydrogens is 564 g/mol. The van der Waals surface area contributed by atoms with Gasteiger partial charge >= 0.3 is 12.1 Å². The van der Waals surface area contributed by atoms with Gasteiger partial charge in [-0.1, -0.05) is 11.6 Å². The van der Waals surface area contributed by atoms with Gasteiger partial charge in [-0.3, -0.25) is 4.79 Å². The van der Waals surface area contributed by atoms with Gasteiger partial charge in [0, 0.05) is 57.1 Å². The van der Waals surface area contributed by atoms with Gasteiger partial charge in [0.1, 0.15) is 17.5 Å². The number of aromatic nitrogens is 3. The molecule has 0 N–H and O–H groups in total. The number of pyridine rings is 1. The molecule has 13 heteroatoms. The average Bonchev–Trinajstić information content (AvgIpc) is 2.98. The van der Waals surface area contributed by atoms with Gasteiger partial charge < -0.3 is 19.4 Å². The third kappa shape index (κ3) is 6.47. The lowest BCUT2D eigenvalue weighted by molar-refractivity contribution is -0.148. The fraction of sp³-hybridized carbons (Fsp3) is 0.429. The van der Waals surface area contributed by atoms with Crippen LogP contribution in [0.4, 0.5) is 35.1 Å². The summed E-state index contributed by atoms with van der Waals surface area (Å²) in [6.07, 6.45) is -1.96. The highest BCUT2D eigenvalue weighted by Crippen LogP contribution is 2.36. The van der Waals surface area contributed by atoms with Crippen LogP contribution in [0.5, 0.6) is 0 Å². The number of esters is 1. The zero-order valence-corrected chi connectivity index (χ0v) is 23.1. The number of halogens is 5. The van der Waals surface area contributed by atoms with Crippen LogP contribution in [0, 0.1) is 11.7 Å². The smallest absolute Gasteiger partial charge is 0.419 e. The SMILES string of the molecule is CCOC(=O)C1CCN(c2nc(-c3ccc(F)c(Cl)c3)cc(N3CCN(c4ncccc4C(F)(F)F)CC3)n2)CC1. The third-order valence-electron chi connectivity index (χ3n) is 7.31. The normalized spacial score (nSPS) is 16.7. The fourth-order valence-corrected chi connectivity index (χ4v) is 5.30. The Bertz CT molecular complexity index is 1390.